The number of morpholine rings is 1. The van der Waals surface area contributed by atoms with Crippen molar-refractivity contribution < 1.29 is 18.4 Å². The highest BCUT2D eigenvalue weighted by Gasteiger charge is 2.30. The number of nitrogens with zero attached hydrogens (tertiary/aromatic N) is 3. The molecule has 8 heteroatoms. The van der Waals surface area contributed by atoms with E-state index in [0.717, 1.165) is 0 Å². The third-order valence-corrected chi connectivity index (χ3v) is 3.51. The third-order valence-electron chi connectivity index (χ3n) is 3.20. The molecule has 1 aliphatic rings. The molecule has 1 aromatic carbocycles. The molecule has 0 bridgehead atoms. The van der Waals surface area contributed by atoms with E-state index in [2.05, 4.69) is 14.7 Å². The molecule has 2 heterocycles. The van der Waals surface area contributed by atoms with E-state index < -0.39 is 17.8 Å². The Kier molecular flexibility index (Phi) is 3.85. The molecule has 1 amide bonds. The van der Waals surface area contributed by atoms with Gasteiger partial charge in [-0.3, -0.25) is 4.79 Å². The SMILES string of the molecule is O=C(c1c(F)cccc1Cl)N1CCO[C@H](c2ncon2)C1. The zero-order valence-electron chi connectivity index (χ0n) is 10.8. The highest BCUT2D eigenvalue weighted by molar-refractivity contribution is 6.33. The Morgan fingerprint density at radius 1 is 1.48 bits per heavy atom. The maximum absolute atomic E-state index is 13.8. The van der Waals surface area contributed by atoms with E-state index in [1.807, 2.05) is 0 Å². The topological polar surface area (TPSA) is 68.5 Å². The minimum Gasteiger partial charge on any atom is -0.366 e. The van der Waals surface area contributed by atoms with Crippen LogP contribution in [-0.2, 0) is 4.74 Å². The van der Waals surface area contributed by atoms with E-state index in [1.165, 1.54) is 29.5 Å². The van der Waals surface area contributed by atoms with Crippen molar-refractivity contribution in [3.8, 4) is 0 Å². The van der Waals surface area contributed by atoms with E-state index in [9.17, 15) is 9.18 Å². The molecule has 0 saturated carbocycles. The molecule has 0 unspecified atom stereocenters. The number of carbonyl (C=O) groups is 1. The molecule has 0 spiro atoms. The first kappa shape index (κ1) is 14.0. The van der Waals surface area contributed by atoms with Crippen LogP contribution in [-0.4, -0.2) is 40.6 Å². The molecule has 1 atom stereocenters. The molecule has 0 N–H and O–H groups in total. The van der Waals surface area contributed by atoms with Gasteiger partial charge in [0.1, 0.15) is 11.9 Å². The van der Waals surface area contributed by atoms with E-state index in [1.54, 1.807) is 0 Å². The van der Waals surface area contributed by atoms with E-state index in [4.69, 9.17) is 16.3 Å². The largest absolute Gasteiger partial charge is 0.366 e. The minimum absolute atomic E-state index is 0.0857. The predicted molar refractivity (Wildman–Crippen MR) is 70.3 cm³/mol. The summed E-state index contributed by atoms with van der Waals surface area (Å²) in [7, 11) is 0. The van der Waals surface area contributed by atoms with Gasteiger partial charge in [0.05, 0.1) is 23.7 Å². The van der Waals surface area contributed by atoms with Crippen molar-refractivity contribution in [1.82, 2.24) is 15.0 Å². The summed E-state index contributed by atoms with van der Waals surface area (Å²) in [6.45, 7) is 0.859. The summed E-state index contributed by atoms with van der Waals surface area (Å²) in [5.41, 5.74) is -0.132. The van der Waals surface area contributed by atoms with Gasteiger partial charge in [-0.2, -0.15) is 4.98 Å². The number of ether oxygens (including phenoxy) is 1. The van der Waals surface area contributed by atoms with Crippen molar-refractivity contribution >= 4 is 17.5 Å². The van der Waals surface area contributed by atoms with Crippen LogP contribution in [0.2, 0.25) is 5.02 Å². The molecule has 3 rings (SSSR count). The summed E-state index contributed by atoms with van der Waals surface area (Å²) in [5, 5.41) is 3.78. The lowest BCUT2D eigenvalue weighted by Crippen LogP contribution is -2.42. The zero-order chi connectivity index (χ0) is 14.8. The number of aromatic nitrogens is 2. The van der Waals surface area contributed by atoms with Gasteiger partial charge in [-0.15, -0.1) is 0 Å². The van der Waals surface area contributed by atoms with Gasteiger partial charge in [-0.1, -0.05) is 22.8 Å². The average molecular weight is 312 g/mol. The number of benzene rings is 1. The summed E-state index contributed by atoms with van der Waals surface area (Å²) < 4.78 is 24.0. The molecule has 21 heavy (non-hydrogen) atoms. The maximum atomic E-state index is 13.8. The van der Waals surface area contributed by atoms with Gasteiger partial charge in [0.2, 0.25) is 12.2 Å². The summed E-state index contributed by atoms with van der Waals surface area (Å²) in [6, 6.07) is 4.14. The normalized spacial score (nSPS) is 18.8. The molecular weight excluding hydrogens is 301 g/mol. The van der Waals surface area contributed by atoms with Gasteiger partial charge >= 0.3 is 0 Å². The summed E-state index contributed by atoms with van der Waals surface area (Å²) in [6.07, 6.45) is 0.694. The van der Waals surface area contributed by atoms with Gasteiger partial charge in [0.25, 0.3) is 5.91 Å². The van der Waals surface area contributed by atoms with Gasteiger partial charge in [0, 0.05) is 6.54 Å². The Labute approximate surface area is 124 Å². The number of rotatable bonds is 2. The van der Waals surface area contributed by atoms with E-state index in [0.29, 0.717) is 19.0 Å². The Hall–Kier alpha value is -1.99. The highest BCUT2D eigenvalue weighted by atomic mass is 35.5. The minimum atomic E-state index is -0.643. The first-order valence-electron chi connectivity index (χ1n) is 6.28. The van der Waals surface area contributed by atoms with E-state index in [-0.39, 0.29) is 17.1 Å². The van der Waals surface area contributed by atoms with Gasteiger partial charge in [0.15, 0.2) is 0 Å². The Balaban J connectivity index is 1.82. The van der Waals surface area contributed by atoms with Gasteiger partial charge in [-0.05, 0) is 12.1 Å². The summed E-state index contributed by atoms with van der Waals surface area (Å²) in [4.78, 5) is 17.8. The van der Waals surface area contributed by atoms with Crippen molar-refractivity contribution in [1.29, 1.82) is 0 Å². The average Bonchev–Trinajstić information content (AvgIpc) is 3.01. The summed E-state index contributed by atoms with van der Waals surface area (Å²) >= 11 is 5.92. The van der Waals surface area contributed by atoms with Crippen molar-refractivity contribution in [2.24, 2.45) is 0 Å². The second kappa shape index (κ2) is 5.79. The smallest absolute Gasteiger partial charge is 0.258 e. The van der Waals surface area contributed by atoms with Crippen LogP contribution in [0.5, 0.6) is 0 Å². The standard InChI is InChI=1S/C13H11ClFN3O3/c14-8-2-1-3-9(15)11(8)13(19)18-4-5-20-10(6-18)12-16-7-21-17-12/h1-3,7,10H,4-6H2/t10-/m0/s1. The lowest BCUT2D eigenvalue weighted by Gasteiger charge is -2.31. The molecule has 110 valence electrons. The van der Waals surface area contributed by atoms with Crippen LogP contribution < -0.4 is 0 Å². The molecule has 1 saturated heterocycles. The van der Waals surface area contributed by atoms with Crippen molar-refractivity contribution in [2.75, 3.05) is 19.7 Å². The Morgan fingerprint density at radius 2 is 2.33 bits per heavy atom. The fraction of sp³-hybridized carbons (Fsp3) is 0.308. The molecule has 1 aliphatic heterocycles. The number of halogens is 2. The van der Waals surface area contributed by atoms with Crippen LogP contribution in [0.15, 0.2) is 29.1 Å². The van der Waals surface area contributed by atoms with Gasteiger partial charge < -0.3 is 14.2 Å². The number of hydrogen-bond acceptors (Lipinski definition) is 5. The van der Waals surface area contributed by atoms with Crippen LogP contribution >= 0.6 is 11.6 Å². The lowest BCUT2D eigenvalue weighted by atomic mass is 10.1. The van der Waals surface area contributed by atoms with Crippen LogP contribution in [0.4, 0.5) is 4.39 Å². The Bertz CT molecular complexity index is 630. The maximum Gasteiger partial charge on any atom is 0.258 e. The van der Waals surface area contributed by atoms with Crippen molar-refractivity contribution in [3.63, 3.8) is 0 Å². The first-order chi connectivity index (χ1) is 10.2. The molecule has 0 aliphatic carbocycles. The predicted octanol–water partition coefficient (Wildman–Crippen LogP) is 2.08. The molecule has 1 fully saturated rings. The van der Waals surface area contributed by atoms with Crippen molar-refractivity contribution in [3.05, 3.63) is 46.8 Å². The second-order valence-electron chi connectivity index (χ2n) is 4.50. The van der Waals surface area contributed by atoms with Crippen molar-refractivity contribution in [2.45, 2.75) is 6.10 Å². The first-order valence-corrected chi connectivity index (χ1v) is 6.66. The number of amides is 1. The fourth-order valence-electron chi connectivity index (χ4n) is 2.17. The lowest BCUT2D eigenvalue weighted by molar-refractivity contribution is -0.0277. The molecule has 0 radical (unpaired) electrons. The molecular formula is C13H11ClFN3O3. The third kappa shape index (κ3) is 2.74. The molecule has 1 aromatic heterocycles. The summed E-state index contributed by atoms with van der Waals surface area (Å²) in [5.74, 6) is -0.767. The number of hydrogen-bond donors (Lipinski definition) is 0. The molecule has 2 aromatic rings. The highest BCUT2D eigenvalue weighted by Crippen LogP contribution is 2.24. The van der Waals surface area contributed by atoms with E-state index >= 15 is 0 Å². The fourth-order valence-corrected chi connectivity index (χ4v) is 2.41. The second-order valence-corrected chi connectivity index (χ2v) is 4.90. The molecule has 6 nitrogen and oxygen atoms in total. The van der Waals surface area contributed by atoms with Crippen LogP contribution in [0.3, 0.4) is 0 Å². The van der Waals surface area contributed by atoms with Crippen LogP contribution in [0.1, 0.15) is 22.3 Å². The number of carbonyl (C=O) groups excluding carboxylic acids is 1. The Morgan fingerprint density at radius 3 is 3.05 bits per heavy atom. The monoisotopic (exact) mass is 311 g/mol. The van der Waals surface area contributed by atoms with Crippen LogP contribution in [0, 0.1) is 5.82 Å². The zero-order valence-corrected chi connectivity index (χ0v) is 11.6. The quantitative estimate of drug-likeness (QED) is 0.849. The van der Waals surface area contributed by atoms with Gasteiger partial charge in [-0.25, -0.2) is 4.39 Å². The van der Waals surface area contributed by atoms with Crippen LogP contribution in [0.25, 0.3) is 0 Å².